The quantitative estimate of drug-likeness (QED) is 0.612. The van der Waals surface area contributed by atoms with E-state index in [1.165, 1.54) is 0 Å². The van der Waals surface area contributed by atoms with Gasteiger partial charge in [0.25, 0.3) is 0 Å². The summed E-state index contributed by atoms with van der Waals surface area (Å²) in [5.41, 5.74) is 7.63. The minimum atomic E-state index is -0.342. The highest BCUT2D eigenvalue weighted by Gasteiger charge is 2.13. The molecule has 2 N–H and O–H groups in total. The smallest absolute Gasteiger partial charge is 0.340 e. The molecule has 0 bridgehead atoms. The van der Waals surface area contributed by atoms with Crippen molar-refractivity contribution in [1.82, 2.24) is 0 Å². The van der Waals surface area contributed by atoms with Crippen LogP contribution in [0.4, 0.5) is 5.69 Å². The van der Waals surface area contributed by atoms with Crippen LogP contribution in [0.15, 0.2) is 18.2 Å². The summed E-state index contributed by atoms with van der Waals surface area (Å²) in [6.07, 6.45) is 0.731. The Bertz CT molecular complexity index is 361. The van der Waals surface area contributed by atoms with E-state index < -0.39 is 0 Å². The largest absolute Gasteiger partial charge is 0.459 e. The Labute approximate surface area is 90.2 Å². The number of anilines is 1. The van der Waals surface area contributed by atoms with E-state index >= 15 is 0 Å². The first kappa shape index (κ1) is 11.6. The van der Waals surface area contributed by atoms with Crippen LogP contribution >= 0.6 is 0 Å². The van der Waals surface area contributed by atoms with Crippen LogP contribution in [0.5, 0.6) is 0 Å². The Balaban J connectivity index is 2.86. The lowest BCUT2D eigenvalue weighted by Gasteiger charge is -2.12. The summed E-state index contributed by atoms with van der Waals surface area (Å²) in [6, 6.07) is 5.35. The maximum atomic E-state index is 11.7. The van der Waals surface area contributed by atoms with Gasteiger partial charge in [0.2, 0.25) is 0 Å². The van der Waals surface area contributed by atoms with Crippen LogP contribution in [0.2, 0.25) is 0 Å². The molecule has 0 fully saturated rings. The SMILES string of the molecule is CCC(C)OC(=O)c1cc(C)ccc1N. The van der Waals surface area contributed by atoms with E-state index in [1.54, 1.807) is 12.1 Å². The Morgan fingerprint density at radius 1 is 1.53 bits per heavy atom. The van der Waals surface area contributed by atoms with Crippen molar-refractivity contribution in [2.75, 3.05) is 5.73 Å². The highest BCUT2D eigenvalue weighted by Crippen LogP contribution is 2.16. The van der Waals surface area contributed by atoms with Crippen LogP contribution in [-0.2, 0) is 4.74 Å². The summed E-state index contributed by atoms with van der Waals surface area (Å²) in [7, 11) is 0. The molecule has 0 aliphatic carbocycles. The summed E-state index contributed by atoms with van der Waals surface area (Å²) in [5, 5.41) is 0. The van der Waals surface area contributed by atoms with Gasteiger partial charge in [0.15, 0.2) is 0 Å². The standard InChI is InChI=1S/C12H17NO2/c1-4-9(3)15-12(14)10-7-8(2)5-6-11(10)13/h5-7,9H,4,13H2,1-3H3. The van der Waals surface area contributed by atoms with Crippen molar-refractivity contribution in [3.63, 3.8) is 0 Å². The fourth-order valence-corrected chi connectivity index (χ4v) is 1.18. The number of aryl methyl sites for hydroxylation is 1. The van der Waals surface area contributed by atoms with Crippen LogP contribution in [0, 0.1) is 6.92 Å². The van der Waals surface area contributed by atoms with E-state index in [4.69, 9.17) is 10.5 Å². The zero-order valence-corrected chi connectivity index (χ0v) is 9.41. The van der Waals surface area contributed by atoms with Crippen molar-refractivity contribution in [2.24, 2.45) is 0 Å². The molecule has 3 nitrogen and oxygen atoms in total. The van der Waals surface area contributed by atoms with Gasteiger partial charge in [-0.15, -0.1) is 0 Å². The van der Waals surface area contributed by atoms with Gasteiger partial charge in [0, 0.05) is 5.69 Å². The van der Waals surface area contributed by atoms with Crippen molar-refractivity contribution in [3.8, 4) is 0 Å². The third kappa shape index (κ3) is 2.98. The molecule has 0 aromatic heterocycles. The van der Waals surface area contributed by atoms with E-state index in [-0.39, 0.29) is 12.1 Å². The first-order chi connectivity index (χ1) is 7.04. The number of hydrogen-bond donors (Lipinski definition) is 1. The Morgan fingerprint density at radius 2 is 2.20 bits per heavy atom. The topological polar surface area (TPSA) is 52.3 Å². The van der Waals surface area contributed by atoms with Crippen molar-refractivity contribution in [1.29, 1.82) is 0 Å². The number of carbonyl (C=O) groups excluding carboxylic acids is 1. The zero-order chi connectivity index (χ0) is 11.4. The summed E-state index contributed by atoms with van der Waals surface area (Å²) < 4.78 is 5.20. The van der Waals surface area contributed by atoms with Gasteiger partial charge in [-0.05, 0) is 32.4 Å². The number of carbonyl (C=O) groups is 1. The van der Waals surface area contributed by atoms with Crippen molar-refractivity contribution >= 4 is 11.7 Å². The average Bonchev–Trinajstić information content (AvgIpc) is 2.21. The van der Waals surface area contributed by atoms with Crippen LogP contribution in [0.3, 0.4) is 0 Å². The van der Waals surface area contributed by atoms with Crippen molar-refractivity contribution in [3.05, 3.63) is 29.3 Å². The van der Waals surface area contributed by atoms with Gasteiger partial charge in [0.05, 0.1) is 11.7 Å². The molecule has 0 aliphatic heterocycles. The van der Waals surface area contributed by atoms with Gasteiger partial charge in [0.1, 0.15) is 0 Å². The second kappa shape index (κ2) is 4.82. The second-order valence-electron chi connectivity index (χ2n) is 3.71. The third-order valence-electron chi connectivity index (χ3n) is 2.31. The van der Waals surface area contributed by atoms with Crippen LogP contribution in [0.1, 0.15) is 36.2 Å². The zero-order valence-electron chi connectivity index (χ0n) is 9.41. The van der Waals surface area contributed by atoms with Gasteiger partial charge in [-0.2, -0.15) is 0 Å². The third-order valence-corrected chi connectivity index (χ3v) is 2.31. The molecule has 0 saturated heterocycles. The lowest BCUT2D eigenvalue weighted by molar-refractivity contribution is 0.0335. The van der Waals surface area contributed by atoms with Gasteiger partial charge < -0.3 is 10.5 Å². The Morgan fingerprint density at radius 3 is 2.80 bits per heavy atom. The lowest BCUT2D eigenvalue weighted by Crippen LogP contribution is -2.15. The minimum Gasteiger partial charge on any atom is -0.459 e. The molecule has 1 atom stereocenters. The maximum Gasteiger partial charge on any atom is 0.340 e. The second-order valence-corrected chi connectivity index (χ2v) is 3.71. The average molecular weight is 207 g/mol. The number of hydrogen-bond acceptors (Lipinski definition) is 3. The molecule has 82 valence electrons. The number of benzene rings is 1. The minimum absolute atomic E-state index is 0.0718. The molecular formula is C12H17NO2. The Hall–Kier alpha value is -1.51. The Kier molecular flexibility index (Phi) is 3.72. The highest BCUT2D eigenvalue weighted by molar-refractivity contribution is 5.95. The van der Waals surface area contributed by atoms with E-state index in [0.29, 0.717) is 11.3 Å². The number of esters is 1. The normalized spacial score (nSPS) is 12.2. The van der Waals surface area contributed by atoms with Gasteiger partial charge in [-0.1, -0.05) is 18.6 Å². The fourth-order valence-electron chi connectivity index (χ4n) is 1.18. The molecule has 3 heteroatoms. The molecular weight excluding hydrogens is 190 g/mol. The van der Waals surface area contributed by atoms with Crippen LogP contribution in [-0.4, -0.2) is 12.1 Å². The molecule has 1 aromatic carbocycles. The molecule has 0 heterocycles. The predicted octanol–water partition coefficient (Wildman–Crippen LogP) is 2.53. The summed E-state index contributed by atoms with van der Waals surface area (Å²) >= 11 is 0. The molecule has 0 amide bonds. The van der Waals surface area contributed by atoms with Gasteiger partial charge in [-0.25, -0.2) is 4.79 Å². The number of nitrogen functional groups attached to an aromatic ring is 1. The van der Waals surface area contributed by atoms with E-state index in [2.05, 4.69) is 0 Å². The number of rotatable bonds is 3. The van der Waals surface area contributed by atoms with Crippen LogP contribution < -0.4 is 5.73 Å². The highest BCUT2D eigenvalue weighted by atomic mass is 16.5. The summed E-state index contributed by atoms with van der Waals surface area (Å²) in [4.78, 5) is 11.7. The van der Waals surface area contributed by atoms with E-state index in [1.807, 2.05) is 26.8 Å². The van der Waals surface area contributed by atoms with E-state index in [9.17, 15) is 4.79 Å². The molecule has 0 radical (unpaired) electrons. The summed E-state index contributed by atoms with van der Waals surface area (Å²) in [5.74, 6) is -0.342. The summed E-state index contributed by atoms with van der Waals surface area (Å²) in [6.45, 7) is 5.75. The first-order valence-electron chi connectivity index (χ1n) is 5.11. The molecule has 1 aromatic rings. The molecule has 0 aliphatic rings. The fraction of sp³-hybridized carbons (Fsp3) is 0.417. The van der Waals surface area contributed by atoms with Gasteiger partial charge in [-0.3, -0.25) is 0 Å². The lowest BCUT2D eigenvalue weighted by atomic mass is 10.1. The molecule has 1 unspecified atom stereocenters. The molecule has 0 spiro atoms. The first-order valence-corrected chi connectivity index (χ1v) is 5.11. The van der Waals surface area contributed by atoms with E-state index in [0.717, 1.165) is 12.0 Å². The number of nitrogens with two attached hydrogens (primary N) is 1. The van der Waals surface area contributed by atoms with Gasteiger partial charge >= 0.3 is 5.97 Å². The molecule has 1 rings (SSSR count). The molecule has 15 heavy (non-hydrogen) atoms. The molecule has 0 saturated carbocycles. The number of ether oxygens (including phenoxy) is 1. The van der Waals surface area contributed by atoms with Crippen molar-refractivity contribution < 1.29 is 9.53 Å². The van der Waals surface area contributed by atoms with Crippen LogP contribution in [0.25, 0.3) is 0 Å². The predicted molar refractivity (Wildman–Crippen MR) is 60.8 cm³/mol. The monoisotopic (exact) mass is 207 g/mol. The maximum absolute atomic E-state index is 11.7. The van der Waals surface area contributed by atoms with Crippen molar-refractivity contribution in [2.45, 2.75) is 33.3 Å².